The lowest BCUT2D eigenvalue weighted by molar-refractivity contribution is 0.499. The van der Waals surface area contributed by atoms with Gasteiger partial charge >= 0.3 is 0 Å². The van der Waals surface area contributed by atoms with Crippen LogP contribution in [0.5, 0.6) is 0 Å². The fraction of sp³-hybridized carbons (Fsp3) is 0.611. The second-order valence-corrected chi connectivity index (χ2v) is 6.40. The second-order valence-electron chi connectivity index (χ2n) is 6.21. The average molecular weight is 287 g/mol. The minimum Gasteiger partial charge on any atom is -0.233 e. The van der Waals surface area contributed by atoms with Gasteiger partial charge in [-0.3, -0.25) is 0 Å². The quantitative estimate of drug-likeness (QED) is 0.428. The molecule has 2 heteroatoms. The molecule has 1 atom stereocenters. The third-order valence-corrected chi connectivity index (χ3v) is 4.76. The number of benzene rings is 1. The Morgan fingerprint density at radius 1 is 1.35 bits per heavy atom. The van der Waals surface area contributed by atoms with Crippen LogP contribution in [0.15, 0.2) is 11.1 Å². The number of aryl methyl sites for hydroxylation is 1. The first-order valence-electron chi connectivity index (χ1n) is 7.78. The van der Waals surface area contributed by atoms with Crippen LogP contribution in [0.4, 0.5) is 0 Å². The Kier molecular flexibility index (Phi) is 5.51. The van der Waals surface area contributed by atoms with Crippen LogP contribution in [0.2, 0.25) is 0 Å². The van der Waals surface area contributed by atoms with Crippen molar-refractivity contribution in [2.24, 2.45) is 10.9 Å². The Balaban J connectivity index is 2.11. The van der Waals surface area contributed by atoms with Crippen molar-refractivity contribution in [2.45, 2.75) is 59.3 Å². The van der Waals surface area contributed by atoms with E-state index in [1.54, 1.807) is 22.3 Å². The Bertz CT molecular complexity index is 527. The van der Waals surface area contributed by atoms with E-state index in [2.05, 4.69) is 49.2 Å². The largest absolute Gasteiger partial charge is 0.233 e. The van der Waals surface area contributed by atoms with Gasteiger partial charge in [-0.2, -0.15) is 0 Å². The number of nitrogens with zero attached hydrogens (tertiary/aromatic N) is 1. The summed E-state index contributed by atoms with van der Waals surface area (Å²) in [6, 6.07) is 2.45. The Morgan fingerprint density at radius 2 is 2.15 bits per heavy atom. The van der Waals surface area contributed by atoms with Gasteiger partial charge in [0.2, 0.25) is 0 Å². The first-order valence-corrected chi connectivity index (χ1v) is 8.18. The van der Waals surface area contributed by atoms with Gasteiger partial charge in [0.1, 0.15) is 0 Å². The standard InChI is InChI=1S/C18H25NS/c1-13-7-8-18-15(3)17(6-4-5-9-19-12-20)14(2)11-16(18)10-13/h11,13H,4-10H2,1-3H3. The van der Waals surface area contributed by atoms with Gasteiger partial charge in [0.05, 0.1) is 5.16 Å². The van der Waals surface area contributed by atoms with Gasteiger partial charge in [-0.05, 0) is 98.3 Å². The molecule has 1 aromatic carbocycles. The first kappa shape index (κ1) is 15.4. The maximum absolute atomic E-state index is 4.60. The Labute approximate surface area is 128 Å². The van der Waals surface area contributed by atoms with E-state index in [1.807, 2.05) is 0 Å². The molecule has 0 aliphatic heterocycles. The van der Waals surface area contributed by atoms with E-state index in [9.17, 15) is 0 Å². The fourth-order valence-corrected chi connectivity index (χ4v) is 3.57. The van der Waals surface area contributed by atoms with Crippen molar-refractivity contribution in [3.05, 3.63) is 33.9 Å². The molecule has 0 aromatic heterocycles. The molecule has 0 heterocycles. The summed E-state index contributed by atoms with van der Waals surface area (Å²) in [5.41, 5.74) is 7.86. The zero-order valence-corrected chi connectivity index (χ0v) is 13.8. The van der Waals surface area contributed by atoms with Gasteiger partial charge in [0.25, 0.3) is 0 Å². The molecule has 0 spiro atoms. The van der Waals surface area contributed by atoms with Gasteiger partial charge in [-0.15, -0.1) is 0 Å². The van der Waals surface area contributed by atoms with E-state index in [4.69, 9.17) is 0 Å². The summed E-state index contributed by atoms with van der Waals surface area (Å²) in [7, 11) is 0. The topological polar surface area (TPSA) is 12.4 Å². The maximum atomic E-state index is 4.60. The third-order valence-electron chi connectivity index (χ3n) is 4.63. The molecule has 0 bridgehead atoms. The van der Waals surface area contributed by atoms with Crippen molar-refractivity contribution in [2.75, 3.05) is 6.54 Å². The maximum Gasteiger partial charge on any atom is 0.0584 e. The van der Waals surface area contributed by atoms with E-state index in [0.29, 0.717) is 0 Å². The summed E-state index contributed by atoms with van der Waals surface area (Å²) in [4.78, 5) is 3.99. The molecule has 1 aliphatic rings. The molecular weight excluding hydrogens is 262 g/mol. The van der Waals surface area contributed by atoms with Crippen molar-refractivity contribution in [1.82, 2.24) is 0 Å². The van der Waals surface area contributed by atoms with Crippen molar-refractivity contribution in [1.29, 1.82) is 0 Å². The average Bonchev–Trinajstić information content (AvgIpc) is 2.41. The number of thiocarbonyl (C=S) groups is 1. The van der Waals surface area contributed by atoms with Crippen molar-refractivity contribution >= 4 is 17.4 Å². The zero-order chi connectivity index (χ0) is 14.5. The minimum absolute atomic E-state index is 0.823. The molecule has 1 aliphatic carbocycles. The summed E-state index contributed by atoms with van der Waals surface area (Å²) < 4.78 is 0. The normalized spacial score (nSPS) is 17.4. The number of unbranched alkanes of at least 4 members (excludes halogenated alkanes) is 1. The third kappa shape index (κ3) is 3.56. The molecule has 0 saturated heterocycles. The van der Waals surface area contributed by atoms with Crippen LogP contribution < -0.4 is 0 Å². The molecule has 20 heavy (non-hydrogen) atoms. The molecule has 1 nitrogen and oxygen atoms in total. The van der Waals surface area contributed by atoms with Gasteiger partial charge in [0.15, 0.2) is 0 Å². The van der Waals surface area contributed by atoms with Crippen molar-refractivity contribution in [3.63, 3.8) is 0 Å². The van der Waals surface area contributed by atoms with E-state index >= 15 is 0 Å². The van der Waals surface area contributed by atoms with Crippen LogP contribution in [0.25, 0.3) is 0 Å². The summed E-state index contributed by atoms with van der Waals surface area (Å²) >= 11 is 4.60. The molecule has 0 amide bonds. The Morgan fingerprint density at radius 3 is 2.90 bits per heavy atom. The minimum atomic E-state index is 0.823. The molecule has 0 saturated carbocycles. The summed E-state index contributed by atoms with van der Waals surface area (Å²) in [5, 5.41) is 2.44. The lowest BCUT2D eigenvalue weighted by Crippen LogP contribution is -2.14. The summed E-state index contributed by atoms with van der Waals surface area (Å²) in [6.45, 7) is 7.80. The molecule has 1 unspecified atom stereocenters. The van der Waals surface area contributed by atoms with Gasteiger partial charge in [0, 0.05) is 6.54 Å². The van der Waals surface area contributed by atoms with E-state index < -0.39 is 0 Å². The molecule has 1 aromatic rings. The fourth-order valence-electron chi connectivity index (χ4n) is 3.48. The smallest absolute Gasteiger partial charge is 0.0584 e. The molecule has 0 N–H and O–H groups in total. The second kappa shape index (κ2) is 7.15. The molecule has 2 rings (SSSR count). The van der Waals surface area contributed by atoms with E-state index in [-0.39, 0.29) is 0 Å². The number of aliphatic imine (C=N–C) groups is 1. The monoisotopic (exact) mass is 287 g/mol. The number of isothiocyanates is 1. The van der Waals surface area contributed by atoms with Crippen LogP contribution in [-0.2, 0) is 19.3 Å². The first-order chi connectivity index (χ1) is 9.63. The molecule has 108 valence electrons. The lowest BCUT2D eigenvalue weighted by atomic mass is 9.79. The van der Waals surface area contributed by atoms with E-state index in [0.717, 1.165) is 18.9 Å². The van der Waals surface area contributed by atoms with Gasteiger partial charge in [-0.1, -0.05) is 13.0 Å². The van der Waals surface area contributed by atoms with Crippen LogP contribution in [0.1, 0.15) is 54.0 Å². The van der Waals surface area contributed by atoms with Crippen LogP contribution in [0.3, 0.4) is 0 Å². The number of hydrogen-bond acceptors (Lipinski definition) is 2. The molecule has 0 radical (unpaired) electrons. The highest BCUT2D eigenvalue weighted by Gasteiger charge is 2.19. The molecular formula is C18H25NS. The van der Waals surface area contributed by atoms with Crippen LogP contribution in [0, 0.1) is 19.8 Å². The summed E-state index contributed by atoms with van der Waals surface area (Å²) in [5.74, 6) is 0.847. The number of hydrogen-bond donors (Lipinski definition) is 0. The SMILES string of the molecule is Cc1cc2c(c(C)c1CCCCN=C=S)CCC(C)C2. The highest BCUT2D eigenvalue weighted by molar-refractivity contribution is 7.78. The zero-order valence-electron chi connectivity index (χ0n) is 13.0. The number of fused-ring (bicyclic) bond motifs is 1. The van der Waals surface area contributed by atoms with Crippen LogP contribution in [-0.4, -0.2) is 11.7 Å². The predicted molar refractivity (Wildman–Crippen MR) is 89.9 cm³/mol. The van der Waals surface area contributed by atoms with Gasteiger partial charge < -0.3 is 0 Å². The van der Waals surface area contributed by atoms with E-state index in [1.165, 1.54) is 37.7 Å². The van der Waals surface area contributed by atoms with Crippen molar-refractivity contribution < 1.29 is 0 Å². The highest BCUT2D eigenvalue weighted by Crippen LogP contribution is 2.32. The molecule has 0 fully saturated rings. The Hall–Kier alpha value is -0.980. The number of rotatable bonds is 5. The van der Waals surface area contributed by atoms with Gasteiger partial charge in [-0.25, -0.2) is 4.99 Å². The highest BCUT2D eigenvalue weighted by atomic mass is 32.1. The lowest BCUT2D eigenvalue weighted by Gasteiger charge is -2.26. The van der Waals surface area contributed by atoms with Crippen LogP contribution >= 0.6 is 12.2 Å². The van der Waals surface area contributed by atoms with Crippen molar-refractivity contribution in [3.8, 4) is 0 Å². The summed E-state index contributed by atoms with van der Waals surface area (Å²) in [6.07, 6.45) is 7.35. The predicted octanol–water partition coefficient (Wildman–Crippen LogP) is 4.85.